The van der Waals surface area contributed by atoms with Crippen molar-refractivity contribution in [2.24, 2.45) is 5.92 Å². The number of carbonyl (C=O) groups is 2. The van der Waals surface area contributed by atoms with Crippen LogP contribution in [0.25, 0.3) is 0 Å². The lowest BCUT2D eigenvalue weighted by molar-refractivity contribution is -0.344. The Kier molecular flexibility index (Phi) is 15.5. The third-order valence-corrected chi connectivity index (χ3v) is 6.03. The van der Waals surface area contributed by atoms with Gasteiger partial charge in [0, 0.05) is 0 Å². The van der Waals surface area contributed by atoms with Crippen molar-refractivity contribution < 1.29 is 45.1 Å². The van der Waals surface area contributed by atoms with Crippen LogP contribution in [0.15, 0.2) is 0 Å². The zero-order valence-corrected chi connectivity index (χ0v) is 20.9. The number of hydrogen-bond acceptors (Lipinski definition) is 3. The lowest BCUT2D eigenvalue weighted by Crippen LogP contribution is -2.62. The summed E-state index contributed by atoms with van der Waals surface area (Å²) < 4.78 is 95.4. The van der Waals surface area contributed by atoms with Gasteiger partial charge < -0.3 is 10.1 Å². The molecule has 0 aromatic rings. The van der Waals surface area contributed by atoms with Gasteiger partial charge in [-0.1, -0.05) is 97.8 Å². The molecule has 0 rings (SSSR count). The summed E-state index contributed by atoms with van der Waals surface area (Å²) in [6, 6.07) is -1.78. The minimum absolute atomic E-state index is 0.0752. The van der Waals surface area contributed by atoms with Crippen molar-refractivity contribution >= 4 is 11.9 Å². The molecule has 0 heterocycles. The van der Waals surface area contributed by atoms with Gasteiger partial charge in [-0.15, -0.1) is 0 Å². The monoisotopic (exact) mass is 523 g/mol. The largest absolute Gasteiger partial charge is 0.464 e. The maximum atomic E-state index is 13.6. The SMILES string of the molecule is CCCCCCCCCCCCCCOC(=O)C(NC(=O)C(F)(F)C(F)(F)C(F)(F)F)C(C)CC. The van der Waals surface area contributed by atoms with Gasteiger partial charge in [0.2, 0.25) is 0 Å². The molecule has 0 aliphatic rings. The van der Waals surface area contributed by atoms with Crippen molar-refractivity contribution in [1.82, 2.24) is 5.32 Å². The number of nitrogens with one attached hydrogen (secondary N) is 1. The van der Waals surface area contributed by atoms with E-state index >= 15 is 0 Å². The second-order valence-electron chi connectivity index (χ2n) is 9.04. The van der Waals surface area contributed by atoms with Gasteiger partial charge in [0.1, 0.15) is 6.04 Å². The van der Waals surface area contributed by atoms with E-state index in [9.17, 15) is 40.3 Å². The molecule has 0 aromatic heterocycles. The number of alkyl halides is 7. The number of carbonyl (C=O) groups excluding carboxylic acids is 2. The molecule has 0 radical (unpaired) electrons. The highest BCUT2D eigenvalue weighted by Gasteiger charge is 2.76. The predicted octanol–water partition coefficient (Wildman–Crippen LogP) is 7.59. The predicted molar refractivity (Wildman–Crippen MR) is 119 cm³/mol. The van der Waals surface area contributed by atoms with Crippen molar-refractivity contribution in [3.05, 3.63) is 0 Å². The average Bonchev–Trinajstić information content (AvgIpc) is 2.78. The van der Waals surface area contributed by atoms with E-state index < -0.39 is 41.9 Å². The first kappa shape index (κ1) is 33.4. The Hall–Kier alpha value is -1.55. The zero-order valence-electron chi connectivity index (χ0n) is 20.9. The van der Waals surface area contributed by atoms with Crippen LogP contribution in [0.4, 0.5) is 30.7 Å². The fourth-order valence-electron chi connectivity index (χ4n) is 3.43. The molecule has 1 N–H and O–H groups in total. The maximum absolute atomic E-state index is 13.6. The summed E-state index contributed by atoms with van der Waals surface area (Å²) in [4.78, 5) is 23.9. The first-order valence-corrected chi connectivity index (χ1v) is 12.5. The molecular weight excluding hydrogens is 483 g/mol. The van der Waals surface area contributed by atoms with E-state index in [1.165, 1.54) is 57.7 Å². The smallest absolute Gasteiger partial charge is 0.460 e. The van der Waals surface area contributed by atoms with Gasteiger partial charge in [-0.2, -0.15) is 30.7 Å². The van der Waals surface area contributed by atoms with E-state index in [1.807, 2.05) is 0 Å². The molecule has 4 nitrogen and oxygen atoms in total. The molecule has 2 atom stereocenters. The number of ether oxygens (including phenoxy) is 1. The second-order valence-corrected chi connectivity index (χ2v) is 9.04. The molecular formula is C24H40F7NO3. The minimum Gasteiger partial charge on any atom is -0.464 e. The Morgan fingerprint density at radius 2 is 1.17 bits per heavy atom. The van der Waals surface area contributed by atoms with E-state index in [2.05, 4.69) is 6.92 Å². The first-order chi connectivity index (χ1) is 16.2. The van der Waals surface area contributed by atoms with E-state index in [0.717, 1.165) is 32.1 Å². The van der Waals surface area contributed by atoms with Crippen molar-refractivity contribution in [2.45, 2.75) is 128 Å². The molecule has 0 fully saturated rings. The first-order valence-electron chi connectivity index (χ1n) is 12.5. The standard InChI is InChI=1S/C24H40F7NO3/c1-4-6-7-8-9-10-11-12-13-14-15-16-17-35-20(33)19(18(3)5-2)32-21(34)22(25,26)23(27,28)24(29,30)31/h18-19H,4-17H2,1-3H3,(H,32,34). The van der Waals surface area contributed by atoms with Crippen molar-refractivity contribution in [3.8, 4) is 0 Å². The fraction of sp³-hybridized carbons (Fsp3) is 0.917. The molecule has 0 saturated carbocycles. The summed E-state index contributed by atoms with van der Waals surface area (Å²) in [6.45, 7) is 4.99. The molecule has 0 aromatic carbocycles. The summed E-state index contributed by atoms with van der Waals surface area (Å²) in [7, 11) is 0. The third kappa shape index (κ3) is 11.4. The van der Waals surface area contributed by atoms with Crippen LogP contribution in [0.5, 0.6) is 0 Å². The number of amides is 1. The topological polar surface area (TPSA) is 55.4 Å². The van der Waals surface area contributed by atoms with E-state index in [-0.39, 0.29) is 13.0 Å². The maximum Gasteiger partial charge on any atom is 0.460 e. The molecule has 0 aliphatic heterocycles. The fourth-order valence-corrected chi connectivity index (χ4v) is 3.43. The van der Waals surface area contributed by atoms with Gasteiger partial charge in [-0.05, 0) is 12.3 Å². The average molecular weight is 524 g/mol. The molecule has 1 amide bonds. The van der Waals surface area contributed by atoms with E-state index in [1.54, 1.807) is 0 Å². The van der Waals surface area contributed by atoms with Crippen LogP contribution in [0.3, 0.4) is 0 Å². The number of rotatable bonds is 19. The Bertz CT molecular complexity index is 612. The molecule has 0 spiro atoms. The van der Waals surface area contributed by atoms with Crippen LogP contribution in [0.1, 0.15) is 104 Å². The minimum atomic E-state index is -6.64. The molecule has 11 heteroatoms. The summed E-state index contributed by atoms with van der Waals surface area (Å²) in [5.41, 5.74) is 0. The number of esters is 1. The molecule has 2 unspecified atom stereocenters. The zero-order chi connectivity index (χ0) is 27.1. The summed E-state index contributed by atoms with van der Waals surface area (Å²) in [6.07, 6.45) is 6.42. The lowest BCUT2D eigenvalue weighted by atomic mass is 9.98. The van der Waals surface area contributed by atoms with Crippen LogP contribution in [-0.2, 0) is 14.3 Å². The summed E-state index contributed by atoms with van der Waals surface area (Å²) in [5, 5.41) is 1.34. The third-order valence-electron chi connectivity index (χ3n) is 6.03. The normalized spacial score (nSPS) is 14.5. The summed E-state index contributed by atoms with van der Waals surface area (Å²) >= 11 is 0. The van der Waals surface area contributed by atoms with Crippen LogP contribution in [0.2, 0.25) is 0 Å². The van der Waals surface area contributed by atoms with Gasteiger partial charge in [0.05, 0.1) is 6.61 Å². The number of hydrogen-bond donors (Lipinski definition) is 1. The van der Waals surface area contributed by atoms with Crippen molar-refractivity contribution in [2.75, 3.05) is 6.61 Å². The second kappa shape index (κ2) is 16.2. The van der Waals surface area contributed by atoms with Crippen LogP contribution in [-0.4, -0.2) is 42.5 Å². The number of halogens is 7. The highest BCUT2D eigenvalue weighted by molar-refractivity contribution is 5.89. The lowest BCUT2D eigenvalue weighted by Gasteiger charge is -2.29. The van der Waals surface area contributed by atoms with E-state index in [4.69, 9.17) is 4.74 Å². The Morgan fingerprint density at radius 1 is 0.743 bits per heavy atom. The van der Waals surface area contributed by atoms with Crippen LogP contribution >= 0.6 is 0 Å². The van der Waals surface area contributed by atoms with Gasteiger partial charge in [-0.3, -0.25) is 4.79 Å². The van der Waals surface area contributed by atoms with Crippen molar-refractivity contribution in [3.63, 3.8) is 0 Å². The van der Waals surface area contributed by atoms with Crippen molar-refractivity contribution in [1.29, 1.82) is 0 Å². The molecule has 0 bridgehead atoms. The quantitative estimate of drug-likeness (QED) is 0.108. The van der Waals surface area contributed by atoms with Gasteiger partial charge in [-0.25, -0.2) is 4.79 Å². The Balaban J connectivity index is 4.45. The summed E-state index contributed by atoms with van der Waals surface area (Å²) in [5.74, 6) is -17.5. The highest BCUT2D eigenvalue weighted by atomic mass is 19.4. The molecule has 208 valence electrons. The highest BCUT2D eigenvalue weighted by Crippen LogP contribution is 2.46. The van der Waals surface area contributed by atoms with Crippen LogP contribution in [0, 0.1) is 5.92 Å². The molecule has 0 aliphatic carbocycles. The molecule has 0 saturated heterocycles. The van der Waals surface area contributed by atoms with Gasteiger partial charge in [0.25, 0.3) is 5.91 Å². The Labute approximate surface area is 203 Å². The van der Waals surface area contributed by atoms with E-state index in [0.29, 0.717) is 6.42 Å². The van der Waals surface area contributed by atoms with Gasteiger partial charge in [0.15, 0.2) is 0 Å². The van der Waals surface area contributed by atoms with Gasteiger partial charge >= 0.3 is 24.0 Å². The van der Waals surface area contributed by atoms with Crippen LogP contribution < -0.4 is 5.32 Å². The number of unbranched alkanes of at least 4 members (excludes halogenated alkanes) is 11. The Morgan fingerprint density at radius 3 is 1.57 bits per heavy atom. The molecule has 35 heavy (non-hydrogen) atoms.